The van der Waals surface area contributed by atoms with Crippen LogP contribution in [-0.4, -0.2) is 18.3 Å². The van der Waals surface area contributed by atoms with Crippen molar-refractivity contribution in [2.24, 2.45) is 5.16 Å². The molecule has 0 radical (unpaired) electrons. The molecule has 0 atom stereocenters. The van der Waals surface area contributed by atoms with E-state index in [0.29, 0.717) is 4.88 Å². The normalized spacial score (nSPS) is 11.2. The fourth-order valence-electron chi connectivity index (χ4n) is 3.27. The van der Waals surface area contributed by atoms with E-state index in [1.54, 1.807) is 12.1 Å². The third-order valence-electron chi connectivity index (χ3n) is 4.94. The van der Waals surface area contributed by atoms with E-state index in [9.17, 15) is 9.59 Å². The van der Waals surface area contributed by atoms with Crippen molar-refractivity contribution in [3.8, 4) is 5.75 Å². The molecule has 4 rings (SSSR count). The van der Waals surface area contributed by atoms with Gasteiger partial charge in [0.25, 0.3) is 0 Å². The lowest BCUT2D eigenvalue weighted by atomic mass is 10.0. The van der Waals surface area contributed by atoms with Gasteiger partial charge in [-0.25, -0.2) is 4.79 Å². The molecule has 0 aliphatic carbocycles. The molecule has 36 heavy (non-hydrogen) atoms. The standard InChI is InChI=1S/C28H23NO6S/c1-2-15-32-28(31)26(25-14-9-16-36-25)29-34-18-22-17-23(30)24(19-33-22)35-27(20-10-5-3-6-11-20)21-12-7-4-8-13-21/h2-14,16-17,19,27H,1,15,18H2/b29-26+. The van der Waals surface area contributed by atoms with Crippen LogP contribution >= 0.6 is 11.3 Å². The van der Waals surface area contributed by atoms with E-state index in [1.807, 2.05) is 66.0 Å². The quantitative estimate of drug-likeness (QED) is 0.116. The molecule has 2 aromatic heterocycles. The van der Waals surface area contributed by atoms with Crippen LogP contribution in [0.3, 0.4) is 0 Å². The monoisotopic (exact) mass is 501 g/mol. The molecule has 182 valence electrons. The molecular formula is C28H23NO6S. The number of hydrogen-bond acceptors (Lipinski definition) is 8. The maximum absolute atomic E-state index is 12.8. The van der Waals surface area contributed by atoms with Gasteiger partial charge >= 0.3 is 5.97 Å². The fraction of sp³-hybridized carbons (Fsp3) is 0.107. The van der Waals surface area contributed by atoms with Crippen LogP contribution in [0.5, 0.6) is 5.75 Å². The Morgan fingerprint density at radius 1 is 1.03 bits per heavy atom. The summed E-state index contributed by atoms with van der Waals surface area (Å²) >= 11 is 1.32. The van der Waals surface area contributed by atoms with Gasteiger partial charge in [-0.05, 0) is 22.6 Å². The van der Waals surface area contributed by atoms with Gasteiger partial charge in [-0.3, -0.25) is 4.79 Å². The van der Waals surface area contributed by atoms with Crippen LogP contribution in [0.15, 0.2) is 118 Å². The highest BCUT2D eigenvalue weighted by molar-refractivity contribution is 7.13. The van der Waals surface area contributed by atoms with Gasteiger partial charge in [0.1, 0.15) is 24.7 Å². The second-order valence-corrected chi connectivity index (χ2v) is 8.42. The predicted octanol–water partition coefficient (Wildman–Crippen LogP) is 5.52. The number of hydrogen-bond donors (Lipinski definition) is 0. The number of thiophene rings is 1. The zero-order chi connectivity index (χ0) is 25.2. The maximum Gasteiger partial charge on any atom is 0.362 e. The number of ether oxygens (including phenoxy) is 2. The summed E-state index contributed by atoms with van der Waals surface area (Å²) in [4.78, 5) is 31.0. The highest BCUT2D eigenvalue weighted by Gasteiger charge is 2.19. The number of carbonyl (C=O) groups excluding carboxylic acids is 1. The molecule has 0 unspecified atom stereocenters. The van der Waals surface area contributed by atoms with E-state index in [4.69, 9.17) is 18.7 Å². The largest absolute Gasteiger partial charge is 0.474 e. The molecule has 0 amide bonds. The van der Waals surface area contributed by atoms with Gasteiger partial charge < -0.3 is 18.7 Å². The lowest BCUT2D eigenvalue weighted by Gasteiger charge is -2.19. The summed E-state index contributed by atoms with van der Waals surface area (Å²) in [6.45, 7) is 3.41. The second kappa shape index (κ2) is 12.3. The first-order valence-electron chi connectivity index (χ1n) is 11.1. The maximum atomic E-state index is 12.8. The zero-order valence-corrected chi connectivity index (χ0v) is 20.1. The summed E-state index contributed by atoms with van der Waals surface area (Å²) in [6.07, 6.45) is 2.22. The topological polar surface area (TPSA) is 87.3 Å². The van der Waals surface area contributed by atoms with Crippen LogP contribution in [0.25, 0.3) is 0 Å². The Morgan fingerprint density at radius 2 is 1.72 bits per heavy atom. The third-order valence-corrected chi connectivity index (χ3v) is 5.82. The average Bonchev–Trinajstić information content (AvgIpc) is 3.45. The number of esters is 1. The van der Waals surface area contributed by atoms with Crippen molar-refractivity contribution in [2.45, 2.75) is 12.7 Å². The van der Waals surface area contributed by atoms with E-state index >= 15 is 0 Å². The molecule has 8 heteroatoms. The van der Waals surface area contributed by atoms with Crippen molar-refractivity contribution in [3.05, 3.63) is 135 Å². The molecule has 0 saturated carbocycles. The molecule has 0 fully saturated rings. The van der Waals surface area contributed by atoms with Crippen LogP contribution in [0.1, 0.15) is 27.9 Å². The Kier molecular flexibility index (Phi) is 8.45. The zero-order valence-electron chi connectivity index (χ0n) is 19.2. The summed E-state index contributed by atoms with van der Waals surface area (Å²) in [6, 6.07) is 24.0. The summed E-state index contributed by atoms with van der Waals surface area (Å²) in [5, 5.41) is 5.73. The molecule has 2 heterocycles. The minimum atomic E-state index is -0.643. The lowest BCUT2D eigenvalue weighted by molar-refractivity contribution is -0.134. The van der Waals surface area contributed by atoms with Gasteiger partial charge in [0.2, 0.25) is 16.9 Å². The van der Waals surface area contributed by atoms with Crippen LogP contribution < -0.4 is 10.2 Å². The van der Waals surface area contributed by atoms with Crippen LogP contribution in [0, 0.1) is 0 Å². The Balaban J connectivity index is 1.49. The van der Waals surface area contributed by atoms with Crippen LogP contribution in [-0.2, 0) is 21.0 Å². The molecule has 7 nitrogen and oxygen atoms in total. The van der Waals surface area contributed by atoms with E-state index < -0.39 is 12.1 Å². The molecule has 0 spiro atoms. The van der Waals surface area contributed by atoms with Crippen molar-refractivity contribution in [3.63, 3.8) is 0 Å². The molecular weight excluding hydrogens is 478 g/mol. The fourth-order valence-corrected chi connectivity index (χ4v) is 3.96. The van der Waals surface area contributed by atoms with Gasteiger partial charge in [-0.15, -0.1) is 11.3 Å². The summed E-state index contributed by atoms with van der Waals surface area (Å²) in [5.74, 6) is -0.361. The molecule has 0 aliphatic heterocycles. The van der Waals surface area contributed by atoms with E-state index in [-0.39, 0.29) is 35.9 Å². The summed E-state index contributed by atoms with van der Waals surface area (Å²) < 4.78 is 16.7. The smallest absolute Gasteiger partial charge is 0.362 e. The summed E-state index contributed by atoms with van der Waals surface area (Å²) in [7, 11) is 0. The first-order valence-corrected chi connectivity index (χ1v) is 11.9. The minimum Gasteiger partial charge on any atom is -0.474 e. The average molecular weight is 502 g/mol. The van der Waals surface area contributed by atoms with Gasteiger partial charge in [-0.2, -0.15) is 0 Å². The molecule has 0 aliphatic rings. The van der Waals surface area contributed by atoms with E-state index in [0.717, 1.165) is 11.1 Å². The number of nitrogens with zero attached hydrogens (tertiary/aromatic N) is 1. The van der Waals surface area contributed by atoms with Gasteiger partial charge in [0.05, 0.1) is 4.88 Å². The SMILES string of the molecule is C=CCOC(=O)/C(=N/OCc1cc(=O)c(OC(c2ccccc2)c2ccccc2)co1)c1cccs1. The number of oxime groups is 1. The highest BCUT2D eigenvalue weighted by atomic mass is 32.1. The van der Waals surface area contributed by atoms with Crippen LogP contribution in [0.4, 0.5) is 0 Å². The van der Waals surface area contributed by atoms with Crippen LogP contribution in [0.2, 0.25) is 0 Å². The number of rotatable bonds is 11. The van der Waals surface area contributed by atoms with Crippen molar-refractivity contribution in [2.75, 3.05) is 6.61 Å². The predicted molar refractivity (Wildman–Crippen MR) is 137 cm³/mol. The molecule has 0 N–H and O–H groups in total. The van der Waals surface area contributed by atoms with Crippen molar-refractivity contribution < 1.29 is 23.5 Å². The van der Waals surface area contributed by atoms with E-state index in [1.165, 1.54) is 29.7 Å². The Bertz CT molecular complexity index is 1320. The molecule has 0 bridgehead atoms. The first kappa shape index (κ1) is 24.7. The molecule has 0 saturated heterocycles. The molecule has 2 aromatic carbocycles. The van der Waals surface area contributed by atoms with Crippen molar-refractivity contribution in [1.82, 2.24) is 0 Å². The highest BCUT2D eigenvalue weighted by Crippen LogP contribution is 2.27. The van der Waals surface area contributed by atoms with Gasteiger partial charge in [-0.1, -0.05) is 84.5 Å². The Labute approximate surface area is 211 Å². The third kappa shape index (κ3) is 6.37. The van der Waals surface area contributed by atoms with E-state index in [2.05, 4.69) is 11.7 Å². The van der Waals surface area contributed by atoms with Gasteiger partial charge in [0.15, 0.2) is 6.61 Å². The van der Waals surface area contributed by atoms with Gasteiger partial charge in [0, 0.05) is 6.07 Å². The number of carbonyl (C=O) groups is 1. The molecule has 4 aromatic rings. The summed E-state index contributed by atoms with van der Waals surface area (Å²) in [5.41, 5.74) is 1.44. The second-order valence-electron chi connectivity index (χ2n) is 7.47. The van der Waals surface area contributed by atoms with Crippen molar-refractivity contribution in [1.29, 1.82) is 0 Å². The first-order chi connectivity index (χ1) is 17.7. The number of benzene rings is 2. The Morgan fingerprint density at radius 3 is 2.31 bits per heavy atom. The lowest BCUT2D eigenvalue weighted by Crippen LogP contribution is -2.18. The Hall–Kier alpha value is -4.43. The van der Waals surface area contributed by atoms with Crippen molar-refractivity contribution >= 4 is 23.0 Å². The minimum absolute atomic E-state index is 0.0164.